The fourth-order valence-electron chi connectivity index (χ4n) is 3.82. The molecule has 0 atom stereocenters. The summed E-state index contributed by atoms with van der Waals surface area (Å²) in [5.74, 6) is -0.658. The van der Waals surface area contributed by atoms with Crippen molar-refractivity contribution in [2.45, 2.75) is 30.6 Å². The third kappa shape index (κ3) is 6.10. The lowest BCUT2D eigenvalue weighted by Gasteiger charge is -2.28. The topological polar surface area (TPSA) is 78.5 Å². The van der Waals surface area contributed by atoms with Crippen molar-refractivity contribution >= 4 is 33.0 Å². The summed E-state index contributed by atoms with van der Waals surface area (Å²) < 4.78 is 40.3. The van der Waals surface area contributed by atoms with Crippen LogP contribution in [0.5, 0.6) is 0 Å². The fraction of sp³-hybridized carbons (Fsp3) is 0.240. The largest absolute Gasteiger partial charge is 0.372 e. The van der Waals surface area contributed by atoms with Gasteiger partial charge in [0.05, 0.1) is 11.3 Å². The van der Waals surface area contributed by atoms with Gasteiger partial charge in [0.15, 0.2) is 0 Å². The second-order valence-corrected chi connectivity index (χ2v) is 9.76. The van der Waals surface area contributed by atoms with Gasteiger partial charge < -0.3 is 10.2 Å². The molecule has 0 radical (unpaired) electrons. The monoisotopic (exact) mass is 467 g/mol. The van der Waals surface area contributed by atoms with Crippen molar-refractivity contribution in [3.05, 3.63) is 84.2 Å². The Kier molecular flexibility index (Phi) is 6.93. The average molecular weight is 468 g/mol. The van der Waals surface area contributed by atoms with Crippen LogP contribution >= 0.6 is 0 Å². The molecule has 1 aliphatic rings. The summed E-state index contributed by atoms with van der Waals surface area (Å²) in [6, 6.07) is 19.1. The molecule has 3 aromatic rings. The summed E-state index contributed by atoms with van der Waals surface area (Å²) in [6.45, 7) is 2.14. The maximum atomic E-state index is 13.0. The zero-order valence-electron chi connectivity index (χ0n) is 18.1. The lowest BCUT2D eigenvalue weighted by Crippen LogP contribution is -2.29. The Morgan fingerprint density at radius 1 is 0.818 bits per heavy atom. The minimum absolute atomic E-state index is 0.0290. The molecule has 8 heteroatoms. The van der Waals surface area contributed by atoms with Crippen molar-refractivity contribution in [3.8, 4) is 0 Å². The van der Waals surface area contributed by atoms with Crippen molar-refractivity contribution in [3.63, 3.8) is 0 Å². The molecule has 1 aliphatic heterocycles. The van der Waals surface area contributed by atoms with Gasteiger partial charge in [0, 0.05) is 30.2 Å². The van der Waals surface area contributed by atoms with E-state index in [4.69, 9.17) is 0 Å². The Bertz CT molecular complexity index is 1190. The Hall–Kier alpha value is -3.39. The second-order valence-electron chi connectivity index (χ2n) is 8.08. The molecule has 1 amide bonds. The molecule has 172 valence electrons. The van der Waals surface area contributed by atoms with E-state index in [1.165, 1.54) is 37.1 Å². The van der Waals surface area contributed by atoms with E-state index in [2.05, 4.69) is 14.9 Å². The minimum atomic E-state index is -3.82. The number of hydrogen-bond donors (Lipinski definition) is 2. The molecule has 1 fully saturated rings. The first kappa shape index (κ1) is 22.8. The highest BCUT2D eigenvalue weighted by molar-refractivity contribution is 7.92. The molecule has 0 bridgehead atoms. The maximum Gasteiger partial charge on any atom is 0.261 e. The van der Waals surface area contributed by atoms with Gasteiger partial charge in [-0.2, -0.15) is 0 Å². The highest BCUT2D eigenvalue weighted by atomic mass is 32.2. The number of halogens is 1. The van der Waals surface area contributed by atoms with Crippen LogP contribution in [-0.4, -0.2) is 27.4 Å². The fourth-order valence-corrected chi connectivity index (χ4v) is 4.88. The van der Waals surface area contributed by atoms with E-state index in [0.29, 0.717) is 5.69 Å². The van der Waals surface area contributed by atoms with Crippen molar-refractivity contribution in [2.24, 2.45) is 0 Å². The number of carbonyl (C=O) groups is 1. The van der Waals surface area contributed by atoms with Gasteiger partial charge in [0.25, 0.3) is 10.0 Å². The molecule has 0 aliphatic carbocycles. The van der Waals surface area contributed by atoms with Gasteiger partial charge in [0.1, 0.15) is 5.82 Å². The third-order valence-electron chi connectivity index (χ3n) is 5.57. The van der Waals surface area contributed by atoms with E-state index in [9.17, 15) is 17.6 Å². The Balaban J connectivity index is 1.32. The molecule has 0 saturated carbocycles. The van der Waals surface area contributed by atoms with E-state index in [-0.39, 0.29) is 17.2 Å². The van der Waals surface area contributed by atoms with Gasteiger partial charge in [0.2, 0.25) is 5.91 Å². The van der Waals surface area contributed by atoms with E-state index in [1.807, 2.05) is 24.3 Å². The second kappa shape index (κ2) is 10.0. The van der Waals surface area contributed by atoms with Gasteiger partial charge >= 0.3 is 0 Å². The number of amides is 1. The first-order valence-corrected chi connectivity index (χ1v) is 12.4. The van der Waals surface area contributed by atoms with E-state index < -0.39 is 15.8 Å². The zero-order valence-corrected chi connectivity index (χ0v) is 18.9. The number of carbonyl (C=O) groups excluding carboxylic acids is 1. The highest BCUT2D eigenvalue weighted by Gasteiger charge is 2.15. The Morgan fingerprint density at radius 3 is 2.06 bits per heavy atom. The van der Waals surface area contributed by atoms with E-state index in [0.717, 1.165) is 36.5 Å². The summed E-state index contributed by atoms with van der Waals surface area (Å²) in [5.41, 5.74) is 3.02. The highest BCUT2D eigenvalue weighted by Crippen LogP contribution is 2.22. The first-order valence-electron chi connectivity index (χ1n) is 10.9. The summed E-state index contributed by atoms with van der Waals surface area (Å²) in [4.78, 5) is 14.8. The van der Waals surface area contributed by atoms with Crippen LogP contribution in [0.25, 0.3) is 0 Å². The average Bonchev–Trinajstić information content (AvgIpc) is 2.81. The lowest BCUT2D eigenvalue weighted by molar-refractivity contribution is -0.115. The number of benzene rings is 3. The first-order chi connectivity index (χ1) is 15.9. The number of sulfonamides is 1. The molecule has 4 rings (SSSR count). The van der Waals surface area contributed by atoms with Crippen LogP contribution in [0.1, 0.15) is 24.8 Å². The molecule has 6 nitrogen and oxygen atoms in total. The lowest BCUT2D eigenvalue weighted by atomic mass is 10.1. The summed E-state index contributed by atoms with van der Waals surface area (Å²) >= 11 is 0. The number of nitrogens with one attached hydrogen (secondary N) is 2. The van der Waals surface area contributed by atoms with Crippen molar-refractivity contribution < 1.29 is 17.6 Å². The molecule has 1 saturated heterocycles. The van der Waals surface area contributed by atoms with Crippen LogP contribution in [0.15, 0.2) is 77.7 Å². The van der Waals surface area contributed by atoms with Gasteiger partial charge in [-0.25, -0.2) is 12.8 Å². The van der Waals surface area contributed by atoms with Crippen LogP contribution in [0.4, 0.5) is 21.5 Å². The number of piperidine rings is 1. The summed E-state index contributed by atoms with van der Waals surface area (Å²) in [7, 11) is -3.82. The zero-order chi connectivity index (χ0) is 23.3. The number of anilines is 3. The van der Waals surface area contributed by atoms with Crippen molar-refractivity contribution in [2.75, 3.05) is 28.0 Å². The predicted octanol–water partition coefficient (Wildman–Crippen LogP) is 4.80. The molecule has 1 heterocycles. The predicted molar refractivity (Wildman–Crippen MR) is 128 cm³/mol. The Labute approximate surface area is 193 Å². The van der Waals surface area contributed by atoms with Gasteiger partial charge in [-0.3, -0.25) is 9.52 Å². The molecule has 33 heavy (non-hydrogen) atoms. The molecule has 0 spiro atoms. The molecule has 3 aromatic carbocycles. The summed E-state index contributed by atoms with van der Waals surface area (Å²) in [5, 5.41) is 2.90. The van der Waals surface area contributed by atoms with Crippen molar-refractivity contribution in [1.29, 1.82) is 0 Å². The quantitative estimate of drug-likeness (QED) is 0.523. The number of hydrogen-bond acceptors (Lipinski definition) is 4. The summed E-state index contributed by atoms with van der Waals surface area (Å²) in [6.07, 6.45) is 3.88. The standard InChI is InChI=1S/C25H26FN3O3S/c26-20-6-14-24(15-7-20)33(31,32)28-22-8-4-19(5-9-22)18-25(30)27-21-10-12-23(13-11-21)29-16-2-1-3-17-29/h4-15,28H,1-3,16-18H2,(H,27,30). The van der Waals surface area contributed by atoms with Gasteiger partial charge in [-0.15, -0.1) is 0 Å². The number of nitrogens with zero attached hydrogens (tertiary/aromatic N) is 1. The maximum absolute atomic E-state index is 13.0. The molecule has 0 unspecified atom stereocenters. The van der Waals surface area contributed by atoms with Gasteiger partial charge in [-0.1, -0.05) is 12.1 Å². The van der Waals surface area contributed by atoms with Crippen LogP contribution in [0.2, 0.25) is 0 Å². The van der Waals surface area contributed by atoms with Crippen LogP contribution in [0.3, 0.4) is 0 Å². The normalized spacial score (nSPS) is 14.0. The van der Waals surface area contributed by atoms with E-state index >= 15 is 0 Å². The number of rotatable bonds is 7. The SMILES string of the molecule is O=C(Cc1ccc(NS(=O)(=O)c2ccc(F)cc2)cc1)Nc1ccc(N2CCCCC2)cc1. The van der Waals surface area contributed by atoms with Crippen LogP contribution in [-0.2, 0) is 21.2 Å². The van der Waals surface area contributed by atoms with Crippen molar-refractivity contribution in [1.82, 2.24) is 0 Å². The van der Waals surface area contributed by atoms with Gasteiger partial charge in [-0.05, 0) is 85.5 Å². The van der Waals surface area contributed by atoms with Crippen LogP contribution in [0, 0.1) is 5.82 Å². The minimum Gasteiger partial charge on any atom is -0.372 e. The van der Waals surface area contributed by atoms with Crippen LogP contribution < -0.4 is 14.9 Å². The Morgan fingerprint density at radius 2 is 1.42 bits per heavy atom. The molecule has 2 N–H and O–H groups in total. The molecular formula is C25H26FN3O3S. The van der Waals surface area contributed by atoms with E-state index in [1.54, 1.807) is 24.3 Å². The smallest absolute Gasteiger partial charge is 0.261 e. The molecule has 0 aromatic heterocycles. The third-order valence-corrected chi connectivity index (χ3v) is 6.96. The molecular weight excluding hydrogens is 441 g/mol.